The summed E-state index contributed by atoms with van der Waals surface area (Å²) < 4.78 is 43.1. The monoisotopic (exact) mass is 465 g/mol. The van der Waals surface area contributed by atoms with Crippen molar-refractivity contribution >= 4 is 24.3 Å². The highest BCUT2D eigenvalue weighted by Crippen LogP contribution is 2.37. The molecule has 0 saturated carbocycles. The summed E-state index contributed by atoms with van der Waals surface area (Å²) in [5, 5.41) is 9.87. The van der Waals surface area contributed by atoms with E-state index in [2.05, 4.69) is 33.9 Å². The van der Waals surface area contributed by atoms with Crippen LogP contribution in [0.1, 0.15) is 52.9 Å². The molecule has 30 heavy (non-hydrogen) atoms. The minimum atomic E-state index is -3.95. The Hall–Kier alpha value is -0.523. The number of piperidine rings is 1. The van der Waals surface area contributed by atoms with Gasteiger partial charge in [0.2, 0.25) is 10.0 Å². The Morgan fingerprint density at radius 1 is 1.17 bits per heavy atom. The molecule has 2 aliphatic rings. The van der Waals surface area contributed by atoms with Crippen molar-refractivity contribution in [2.75, 3.05) is 39.5 Å². The first kappa shape index (κ1) is 25.7. The molecule has 0 aromatic carbocycles. The maximum Gasteiger partial charge on any atom is 0.326 e. The minimum absolute atomic E-state index is 0.000196. The highest BCUT2D eigenvalue weighted by molar-refractivity contribution is 7.91. The average molecular weight is 466 g/mol. The molecule has 8 nitrogen and oxygen atoms in total. The van der Waals surface area contributed by atoms with Crippen molar-refractivity contribution in [1.82, 2.24) is 4.31 Å². The van der Waals surface area contributed by atoms with Gasteiger partial charge in [-0.3, -0.25) is 4.79 Å². The summed E-state index contributed by atoms with van der Waals surface area (Å²) in [4.78, 5) is 11.9. The third-order valence-corrected chi connectivity index (χ3v) is 14.0. The Kier molecular flexibility index (Phi) is 8.54. The van der Waals surface area contributed by atoms with Crippen molar-refractivity contribution in [1.29, 1.82) is 0 Å². The lowest BCUT2D eigenvalue weighted by Crippen LogP contribution is -2.57. The Bertz CT molecular complexity index is 676. The third kappa shape index (κ3) is 5.63. The zero-order chi connectivity index (χ0) is 22.6. The lowest BCUT2D eigenvalue weighted by Gasteiger charge is -2.39. The van der Waals surface area contributed by atoms with Crippen molar-refractivity contribution in [3.05, 3.63) is 0 Å². The van der Waals surface area contributed by atoms with Gasteiger partial charge in [0.05, 0.1) is 6.10 Å². The van der Waals surface area contributed by atoms with Crippen LogP contribution >= 0.6 is 0 Å². The van der Waals surface area contributed by atoms with E-state index in [1.165, 1.54) is 4.31 Å². The highest BCUT2D eigenvalue weighted by atomic mass is 32.2. The van der Waals surface area contributed by atoms with E-state index in [-0.39, 0.29) is 37.2 Å². The maximum atomic E-state index is 13.1. The predicted octanol–water partition coefficient (Wildman–Crippen LogP) is 2.84. The Morgan fingerprint density at radius 3 is 2.23 bits per heavy atom. The molecule has 0 amide bonds. The number of nitrogens with zero attached hydrogens (tertiary/aromatic N) is 1. The van der Waals surface area contributed by atoms with E-state index in [4.69, 9.17) is 13.9 Å². The summed E-state index contributed by atoms with van der Waals surface area (Å²) in [5.41, 5.74) is 0. The number of aliphatic carboxylic acids is 1. The van der Waals surface area contributed by atoms with Gasteiger partial charge in [-0.05, 0) is 37.4 Å². The Morgan fingerprint density at radius 2 is 1.73 bits per heavy atom. The molecule has 0 aromatic rings. The molecular formula is C20H39NO7SSi. The second-order valence-electron chi connectivity index (χ2n) is 9.85. The van der Waals surface area contributed by atoms with Gasteiger partial charge in [-0.25, -0.2) is 12.7 Å². The van der Waals surface area contributed by atoms with E-state index in [0.717, 1.165) is 6.42 Å². The molecule has 2 rings (SSSR count). The maximum absolute atomic E-state index is 13.1. The van der Waals surface area contributed by atoms with Gasteiger partial charge in [0.25, 0.3) is 0 Å². The van der Waals surface area contributed by atoms with E-state index in [1.807, 2.05) is 0 Å². The van der Waals surface area contributed by atoms with Crippen molar-refractivity contribution in [2.45, 2.75) is 81.9 Å². The van der Waals surface area contributed by atoms with Gasteiger partial charge in [0.15, 0.2) is 13.1 Å². The van der Waals surface area contributed by atoms with Crippen LogP contribution in [0.3, 0.4) is 0 Å². The molecule has 10 heteroatoms. The van der Waals surface area contributed by atoms with Gasteiger partial charge >= 0.3 is 5.97 Å². The molecule has 2 saturated heterocycles. The van der Waals surface area contributed by atoms with Gasteiger partial charge in [-0.1, -0.05) is 20.8 Å². The normalized spacial score (nSPS) is 22.2. The Balaban J connectivity index is 1.79. The van der Waals surface area contributed by atoms with Crippen molar-refractivity contribution in [3.63, 3.8) is 0 Å². The summed E-state index contributed by atoms with van der Waals surface area (Å²) in [6, 6.07) is 0. The largest absolute Gasteiger partial charge is 0.480 e. The molecule has 0 bridgehead atoms. The number of carbonyl (C=O) groups is 1. The fourth-order valence-electron chi connectivity index (χ4n) is 3.62. The summed E-state index contributed by atoms with van der Waals surface area (Å²) >= 11 is 0. The van der Waals surface area contributed by atoms with Crippen LogP contribution < -0.4 is 0 Å². The third-order valence-electron chi connectivity index (χ3n) is 6.84. The van der Waals surface area contributed by atoms with Gasteiger partial charge in [0, 0.05) is 52.4 Å². The highest BCUT2D eigenvalue weighted by Gasteiger charge is 2.54. The summed E-state index contributed by atoms with van der Waals surface area (Å²) in [6.45, 7) is 13.3. The van der Waals surface area contributed by atoms with Gasteiger partial charge in [0.1, 0.15) is 0 Å². The van der Waals surface area contributed by atoms with E-state index in [1.54, 1.807) is 0 Å². The first-order valence-corrected chi connectivity index (χ1v) is 15.2. The van der Waals surface area contributed by atoms with E-state index in [0.29, 0.717) is 39.1 Å². The molecule has 2 fully saturated rings. The Labute approximate surface area is 182 Å². The molecule has 176 valence electrons. The molecule has 0 unspecified atom stereocenters. The number of carboxylic acids is 1. The van der Waals surface area contributed by atoms with E-state index < -0.39 is 29.1 Å². The van der Waals surface area contributed by atoms with Gasteiger partial charge in [-0.2, -0.15) is 0 Å². The average Bonchev–Trinajstić information content (AvgIpc) is 2.67. The smallest absolute Gasteiger partial charge is 0.326 e. The lowest BCUT2D eigenvalue weighted by molar-refractivity contribution is -0.142. The van der Waals surface area contributed by atoms with Crippen LogP contribution in [-0.4, -0.2) is 82.5 Å². The lowest BCUT2D eigenvalue weighted by atomic mass is 9.99. The summed E-state index contributed by atoms with van der Waals surface area (Å²) in [7, 11) is -5.69. The number of carboxylic acid groups (broad SMARTS) is 1. The fourth-order valence-corrected chi connectivity index (χ4v) is 6.80. The van der Waals surface area contributed by atoms with Crippen LogP contribution in [0.25, 0.3) is 0 Å². The topological polar surface area (TPSA) is 102 Å². The van der Waals surface area contributed by atoms with Crippen molar-refractivity contribution in [2.24, 2.45) is 0 Å². The molecule has 1 N–H and O–H groups in total. The molecule has 0 radical (unpaired) electrons. The number of hydrogen-bond donors (Lipinski definition) is 1. The molecule has 0 aliphatic carbocycles. The standard InChI is InChI=1S/C20H39NO7SSi/c1-19(2,3)30(4,5)28-14-6-13-27-17-7-11-21(12-8-17)29(24,25)20(18(22)23)9-15-26-16-10-20/h17H,6-16H2,1-5H3,(H,22,23). The molecule has 0 aromatic heterocycles. The SMILES string of the molecule is CC(C)(C)[Si](C)(C)OCCCOC1CCN(S(=O)(=O)C2(C(=O)O)CCOCC2)CC1. The fraction of sp³-hybridized carbons (Fsp3) is 0.950. The summed E-state index contributed by atoms with van der Waals surface area (Å²) in [5.74, 6) is -1.27. The van der Waals surface area contributed by atoms with Crippen molar-refractivity contribution in [3.8, 4) is 0 Å². The van der Waals surface area contributed by atoms with E-state index >= 15 is 0 Å². The number of sulfonamides is 1. The molecule has 0 spiro atoms. The second kappa shape index (κ2) is 9.95. The summed E-state index contributed by atoms with van der Waals surface area (Å²) in [6.07, 6.45) is 1.96. The van der Waals surface area contributed by atoms with Crippen LogP contribution in [0.15, 0.2) is 0 Å². The number of rotatable bonds is 9. The van der Waals surface area contributed by atoms with Crippen LogP contribution in [0.2, 0.25) is 18.1 Å². The van der Waals surface area contributed by atoms with Gasteiger partial charge in [-0.15, -0.1) is 0 Å². The number of hydrogen-bond acceptors (Lipinski definition) is 6. The second-order valence-corrected chi connectivity index (χ2v) is 16.9. The first-order chi connectivity index (χ1) is 13.8. The molecule has 0 atom stereocenters. The molecule has 2 heterocycles. The van der Waals surface area contributed by atoms with E-state index in [9.17, 15) is 18.3 Å². The van der Waals surface area contributed by atoms with Gasteiger partial charge < -0.3 is 19.0 Å². The molecule has 2 aliphatic heterocycles. The minimum Gasteiger partial charge on any atom is -0.480 e. The predicted molar refractivity (Wildman–Crippen MR) is 118 cm³/mol. The first-order valence-electron chi connectivity index (χ1n) is 10.9. The quantitative estimate of drug-likeness (QED) is 0.412. The zero-order valence-corrected chi connectivity index (χ0v) is 20.9. The number of ether oxygens (including phenoxy) is 2. The van der Waals surface area contributed by atoms with Crippen LogP contribution in [0.5, 0.6) is 0 Å². The van der Waals surface area contributed by atoms with Crippen LogP contribution in [0, 0.1) is 0 Å². The van der Waals surface area contributed by atoms with Crippen LogP contribution in [0.4, 0.5) is 0 Å². The molecular weight excluding hydrogens is 426 g/mol. The van der Waals surface area contributed by atoms with Crippen molar-refractivity contribution < 1.29 is 32.2 Å². The zero-order valence-electron chi connectivity index (χ0n) is 19.1. The van der Waals surface area contributed by atoms with Crippen LogP contribution in [-0.2, 0) is 28.7 Å².